The van der Waals surface area contributed by atoms with Crippen molar-refractivity contribution in [2.75, 3.05) is 13.2 Å². The van der Waals surface area contributed by atoms with Gasteiger partial charge in [-0.05, 0) is 26.2 Å². The Hall–Kier alpha value is -0.0800. The average molecular weight is 186 g/mol. The van der Waals surface area contributed by atoms with Gasteiger partial charge in [0.05, 0.1) is 18.8 Å². The van der Waals surface area contributed by atoms with Crippen LogP contribution < -0.4 is 0 Å². The molecule has 0 bridgehead atoms. The molecule has 2 heteroatoms. The second kappa shape index (κ2) is 4.97. The number of hydrogen-bond acceptors (Lipinski definition) is 2. The Morgan fingerprint density at radius 3 is 2.46 bits per heavy atom. The van der Waals surface area contributed by atoms with E-state index < -0.39 is 0 Å². The molecule has 0 unspecified atom stereocenters. The van der Waals surface area contributed by atoms with Gasteiger partial charge in [0.1, 0.15) is 0 Å². The van der Waals surface area contributed by atoms with Crippen LogP contribution in [0.2, 0.25) is 0 Å². The summed E-state index contributed by atoms with van der Waals surface area (Å²) in [6.07, 6.45) is 1.80. The van der Waals surface area contributed by atoms with Crippen molar-refractivity contribution in [2.24, 2.45) is 11.8 Å². The predicted octanol–water partition coefficient (Wildman–Crippen LogP) is 2.47. The first-order chi connectivity index (χ1) is 6.11. The van der Waals surface area contributed by atoms with Gasteiger partial charge in [-0.2, -0.15) is 0 Å². The first-order valence-corrected chi connectivity index (χ1v) is 5.34. The molecule has 78 valence electrons. The summed E-state index contributed by atoms with van der Waals surface area (Å²) in [7, 11) is 0. The highest BCUT2D eigenvalue weighted by Crippen LogP contribution is 2.25. The SMILES string of the molecule is CC(C)O[C@@H]1CCOC[C@H]1C(C)C. The third kappa shape index (κ3) is 3.28. The lowest BCUT2D eigenvalue weighted by molar-refractivity contribution is -0.106. The Kier molecular flexibility index (Phi) is 4.20. The Balaban J connectivity index is 2.46. The molecular formula is C11H22O2. The zero-order valence-corrected chi connectivity index (χ0v) is 9.25. The molecule has 0 aromatic rings. The lowest BCUT2D eigenvalue weighted by Gasteiger charge is -2.35. The van der Waals surface area contributed by atoms with E-state index in [1.54, 1.807) is 0 Å². The Labute approximate surface area is 81.6 Å². The molecule has 0 radical (unpaired) electrons. The van der Waals surface area contributed by atoms with Gasteiger partial charge in [0.15, 0.2) is 0 Å². The molecule has 0 aliphatic carbocycles. The predicted molar refractivity (Wildman–Crippen MR) is 53.8 cm³/mol. The van der Waals surface area contributed by atoms with E-state index in [0.29, 0.717) is 24.0 Å². The maximum Gasteiger partial charge on any atom is 0.0653 e. The van der Waals surface area contributed by atoms with E-state index in [9.17, 15) is 0 Å². The summed E-state index contributed by atoms with van der Waals surface area (Å²) < 4.78 is 11.4. The summed E-state index contributed by atoms with van der Waals surface area (Å²) in [5, 5.41) is 0. The highest BCUT2D eigenvalue weighted by atomic mass is 16.5. The quantitative estimate of drug-likeness (QED) is 0.674. The van der Waals surface area contributed by atoms with E-state index in [0.717, 1.165) is 19.6 Å². The van der Waals surface area contributed by atoms with Crippen LogP contribution in [-0.2, 0) is 9.47 Å². The van der Waals surface area contributed by atoms with Gasteiger partial charge >= 0.3 is 0 Å². The molecule has 13 heavy (non-hydrogen) atoms. The maximum atomic E-state index is 5.89. The van der Waals surface area contributed by atoms with Crippen LogP contribution in [0.1, 0.15) is 34.1 Å². The van der Waals surface area contributed by atoms with Crippen molar-refractivity contribution in [3.63, 3.8) is 0 Å². The standard InChI is InChI=1S/C11H22O2/c1-8(2)10-7-12-6-5-11(10)13-9(3)4/h8-11H,5-7H2,1-4H3/t10-,11+/m0/s1. The monoisotopic (exact) mass is 186 g/mol. The van der Waals surface area contributed by atoms with Crippen molar-refractivity contribution in [3.05, 3.63) is 0 Å². The smallest absolute Gasteiger partial charge is 0.0653 e. The van der Waals surface area contributed by atoms with Crippen LogP contribution in [0, 0.1) is 11.8 Å². The number of rotatable bonds is 3. The fraction of sp³-hybridized carbons (Fsp3) is 1.00. The summed E-state index contributed by atoms with van der Waals surface area (Å²) in [6, 6.07) is 0. The molecule has 1 heterocycles. The Bertz CT molecular complexity index is 143. The molecule has 0 N–H and O–H groups in total. The minimum Gasteiger partial charge on any atom is -0.381 e. The van der Waals surface area contributed by atoms with Crippen molar-refractivity contribution in [1.82, 2.24) is 0 Å². The van der Waals surface area contributed by atoms with Crippen LogP contribution in [-0.4, -0.2) is 25.4 Å². The molecule has 0 spiro atoms. The fourth-order valence-electron chi connectivity index (χ4n) is 1.88. The molecular weight excluding hydrogens is 164 g/mol. The minimum absolute atomic E-state index is 0.337. The average Bonchev–Trinajstić information content (AvgIpc) is 2.03. The number of hydrogen-bond donors (Lipinski definition) is 0. The van der Waals surface area contributed by atoms with E-state index in [1.807, 2.05) is 0 Å². The van der Waals surface area contributed by atoms with Gasteiger partial charge in [-0.1, -0.05) is 13.8 Å². The van der Waals surface area contributed by atoms with Crippen molar-refractivity contribution < 1.29 is 9.47 Å². The normalized spacial score (nSPS) is 30.0. The fourth-order valence-corrected chi connectivity index (χ4v) is 1.88. The largest absolute Gasteiger partial charge is 0.381 e. The topological polar surface area (TPSA) is 18.5 Å². The minimum atomic E-state index is 0.337. The summed E-state index contributed by atoms with van der Waals surface area (Å²) in [6.45, 7) is 10.4. The van der Waals surface area contributed by atoms with E-state index in [1.165, 1.54) is 0 Å². The second-order valence-corrected chi connectivity index (χ2v) is 4.49. The van der Waals surface area contributed by atoms with Crippen LogP contribution >= 0.6 is 0 Å². The number of ether oxygens (including phenoxy) is 2. The maximum absolute atomic E-state index is 5.89. The molecule has 0 aromatic heterocycles. The van der Waals surface area contributed by atoms with Gasteiger partial charge in [0.25, 0.3) is 0 Å². The second-order valence-electron chi connectivity index (χ2n) is 4.49. The van der Waals surface area contributed by atoms with Gasteiger partial charge in [0.2, 0.25) is 0 Å². The Morgan fingerprint density at radius 2 is 1.92 bits per heavy atom. The van der Waals surface area contributed by atoms with Crippen molar-refractivity contribution in [3.8, 4) is 0 Å². The van der Waals surface area contributed by atoms with Crippen LogP contribution in [0.4, 0.5) is 0 Å². The molecule has 1 saturated heterocycles. The van der Waals surface area contributed by atoms with Gasteiger partial charge < -0.3 is 9.47 Å². The van der Waals surface area contributed by atoms with E-state index >= 15 is 0 Å². The van der Waals surface area contributed by atoms with Crippen LogP contribution in [0.3, 0.4) is 0 Å². The lowest BCUT2D eigenvalue weighted by Crippen LogP contribution is -2.38. The molecule has 1 rings (SSSR count). The Morgan fingerprint density at radius 1 is 1.23 bits per heavy atom. The highest BCUT2D eigenvalue weighted by molar-refractivity contribution is 4.77. The molecule has 0 aromatic carbocycles. The molecule has 1 aliphatic rings. The summed E-state index contributed by atoms with van der Waals surface area (Å²) in [5.74, 6) is 1.24. The van der Waals surface area contributed by atoms with Crippen molar-refractivity contribution in [1.29, 1.82) is 0 Å². The van der Waals surface area contributed by atoms with Gasteiger partial charge in [-0.15, -0.1) is 0 Å². The van der Waals surface area contributed by atoms with Crippen LogP contribution in [0.5, 0.6) is 0 Å². The zero-order valence-electron chi connectivity index (χ0n) is 9.25. The van der Waals surface area contributed by atoms with Gasteiger partial charge in [0, 0.05) is 12.5 Å². The molecule has 1 aliphatic heterocycles. The van der Waals surface area contributed by atoms with E-state index in [-0.39, 0.29) is 0 Å². The zero-order chi connectivity index (χ0) is 9.84. The molecule has 2 atom stereocenters. The first-order valence-electron chi connectivity index (χ1n) is 5.34. The first kappa shape index (κ1) is 11.0. The van der Waals surface area contributed by atoms with Crippen molar-refractivity contribution in [2.45, 2.75) is 46.3 Å². The molecule has 2 nitrogen and oxygen atoms in total. The van der Waals surface area contributed by atoms with Crippen LogP contribution in [0.25, 0.3) is 0 Å². The van der Waals surface area contributed by atoms with Crippen LogP contribution in [0.15, 0.2) is 0 Å². The highest BCUT2D eigenvalue weighted by Gasteiger charge is 2.29. The van der Waals surface area contributed by atoms with E-state index in [4.69, 9.17) is 9.47 Å². The van der Waals surface area contributed by atoms with Gasteiger partial charge in [-0.3, -0.25) is 0 Å². The third-order valence-electron chi connectivity index (χ3n) is 2.64. The summed E-state index contributed by atoms with van der Waals surface area (Å²) in [4.78, 5) is 0. The van der Waals surface area contributed by atoms with E-state index in [2.05, 4.69) is 27.7 Å². The summed E-state index contributed by atoms with van der Waals surface area (Å²) in [5.41, 5.74) is 0. The third-order valence-corrected chi connectivity index (χ3v) is 2.64. The summed E-state index contributed by atoms with van der Waals surface area (Å²) >= 11 is 0. The molecule has 0 saturated carbocycles. The van der Waals surface area contributed by atoms with Crippen molar-refractivity contribution >= 4 is 0 Å². The molecule has 1 fully saturated rings. The lowest BCUT2D eigenvalue weighted by atomic mass is 9.88. The van der Waals surface area contributed by atoms with Gasteiger partial charge in [-0.25, -0.2) is 0 Å². The molecule has 0 amide bonds.